The van der Waals surface area contributed by atoms with E-state index in [0.29, 0.717) is 5.92 Å². The maximum absolute atomic E-state index is 13.0. The first-order chi connectivity index (χ1) is 14.0. The number of pyridine rings is 1. The second-order valence-electron chi connectivity index (χ2n) is 8.59. The molecule has 1 amide bonds. The number of amides is 1. The van der Waals surface area contributed by atoms with Crippen LogP contribution < -0.4 is 4.90 Å². The Bertz CT molecular complexity index is 847. The van der Waals surface area contributed by atoms with Gasteiger partial charge in [-0.05, 0) is 58.0 Å². The summed E-state index contributed by atoms with van der Waals surface area (Å²) in [6.07, 6.45) is 6.12. The Balaban J connectivity index is 1.38. The molecule has 2 aromatic heterocycles. The van der Waals surface area contributed by atoms with E-state index in [1.165, 1.54) is 18.5 Å². The molecular weight excluding hydrogens is 364 g/mol. The Morgan fingerprint density at radius 2 is 1.86 bits per heavy atom. The summed E-state index contributed by atoms with van der Waals surface area (Å²) in [4.78, 5) is 23.9. The van der Waals surface area contributed by atoms with Crippen molar-refractivity contribution in [3.05, 3.63) is 41.3 Å². The van der Waals surface area contributed by atoms with E-state index in [9.17, 15) is 4.79 Å². The normalized spacial score (nSPS) is 18.1. The van der Waals surface area contributed by atoms with Crippen molar-refractivity contribution in [1.29, 1.82) is 0 Å². The van der Waals surface area contributed by atoms with E-state index in [1.807, 2.05) is 28.8 Å². The minimum atomic E-state index is 0.126. The highest BCUT2D eigenvalue weighted by molar-refractivity contribution is 5.95. The summed E-state index contributed by atoms with van der Waals surface area (Å²) in [7, 11) is 6.17. The number of nitrogens with zero attached hydrogens (tertiary/aromatic N) is 6. The lowest BCUT2D eigenvalue weighted by atomic mass is 9.93. The fourth-order valence-corrected chi connectivity index (χ4v) is 4.43. The van der Waals surface area contributed by atoms with Crippen molar-refractivity contribution in [2.24, 2.45) is 7.05 Å². The third-order valence-corrected chi connectivity index (χ3v) is 6.10. The van der Waals surface area contributed by atoms with Crippen LogP contribution in [-0.2, 0) is 13.6 Å². The summed E-state index contributed by atoms with van der Waals surface area (Å²) in [5.41, 5.74) is 3.15. The number of carbonyl (C=O) groups is 1. The van der Waals surface area contributed by atoms with Crippen molar-refractivity contribution in [2.75, 3.05) is 45.2 Å². The molecule has 0 aromatic carbocycles. The monoisotopic (exact) mass is 396 g/mol. The topological polar surface area (TPSA) is 57.5 Å². The van der Waals surface area contributed by atoms with Crippen LogP contribution in [0, 0.1) is 0 Å². The SMILES string of the molecule is CN(C)Cc1cc(C2CCN(C(=O)c3ccnc(N4CCCC4)c3)CC2)nn1C. The molecule has 29 heavy (non-hydrogen) atoms. The Morgan fingerprint density at radius 3 is 2.55 bits per heavy atom. The number of anilines is 1. The van der Waals surface area contributed by atoms with Gasteiger partial charge in [0.15, 0.2) is 0 Å². The quantitative estimate of drug-likeness (QED) is 0.777. The molecule has 4 rings (SSSR count). The zero-order valence-corrected chi connectivity index (χ0v) is 17.8. The van der Waals surface area contributed by atoms with E-state index in [1.54, 1.807) is 6.20 Å². The molecule has 0 saturated carbocycles. The fourth-order valence-electron chi connectivity index (χ4n) is 4.43. The Kier molecular flexibility index (Phi) is 5.85. The molecule has 0 aliphatic carbocycles. The van der Waals surface area contributed by atoms with Crippen LogP contribution in [-0.4, -0.2) is 70.7 Å². The van der Waals surface area contributed by atoms with Crippen LogP contribution in [0.2, 0.25) is 0 Å². The third kappa shape index (κ3) is 4.45. The van der Waals surface area contributed by atoms with Gasteiger partial charge in [-0.2, -0.15) is 5.10 Å². The molecule has 4 heterocycles. The van der Waals surface area contributed by atoms with Crippen LogP contribution in [0.3, 0.4) is 0 Å². The van der Waals surface area contributed by atoms with Gasteiger partial charge < -0.3 is 14.7 Å². The van der Waals surface area contributed by atoms with Crippen molar-refractivity contribution in [3.8, 4) is 0 Å². The first kappa shape index (κ1) is 19.9. The van der Waals surface area contributed by atoms with Gasteiger partial charge in [0, 0.05) is 57.4 Å². The summed E-state index contributed by atoms with van der Waals surface area (Å²) in [6.45, 7) is 4.53. The van der Waals surface area contributed by atoms with E-state index >= 15 is 0 Å². The number of carbonyl (C=O) groups excluding carboxylic acids is 1. The second kappa shape index (κ2) is 8.53. The first-order valence-corrected chi connectivity index (χ1v) is 10.7. The number of rotatable bonds is 5. The van der Waals surface area contributed by atoms with Gasteiger partial charge in [-0.1, -0.05) is 0 Å². The van der Waals surface area contributed by atoms with Crippen LogP contribution in [0.15, 0.2) is 24.4 Å². The largest absolute Gasteiger partial charge is 0.357 e. The maximum atomic E-state index is 13.0. The summed E-state index contributed by atoms with van der Waals surface area (Å²) < 4.78 is 1.99. The van der Waals surface area contributed by atoms with Crippen molar-refractivity contribution in [1.82, 2.24) is 24.6 Å². The predicted octanol–water partition coefficient (Wildman–Crippen LogP) is 2.50. The first-order valence-electron chi connectivity index (χ1n) is 10.7. The van der Waals surface area contributed by atoms with Gasteiger partial charge in [-0.3, -0.25) is 9.48 Å². The van der Waals surface area contributed by atoms with Crippen LogP contribution in [0.4, 0.5) is 5.82 Å². The molecule has 0 spiro atoms. The number of aryl methyl sites for hydroxylation is 1. The highest BCUT2D eigenvalue weighted by Gasteiger charge is 2.27. The third-order valence-electron chi connectivity index (χ3n) is 6.10. The molecule has 0 bridgehead atoms. The van der Waals surface area contributed by atoms with E-state index in [2.05, 4.69) is 34.9 Å². The average molecular weight is 397 g/mol. The van der Waals surface area contributed by atoms with Crippen LogP contribution in [0.1, 0.15) is 53.3 Å². The Labute approximate surface area is 173 Å². The molecule has 156 valence electrons. The van der Waals surface area contributed by atoms with Gasteiger partial charge in [-0.25, -0.2) is 4.98 Å². The summed E-state index contributed by atoms with van der Waals surface area (Å²) in [5.74, 6) is 1.49. The molecule has 0 radical (unpaired) electrons. The number of hydrogen-bond acceptors (Lipinski definition) is 5. The Hall–Kier alpha value is -2.41. The van der Waals surface area contributed by atoms with Gasteiger partial charge in [0.1, 0.15) is 5.82 Å². The average Bonchev–Trinajstić information content (AvgIpc) is 3.38. The molecule has 2 saturated heterocycles. The van der Waals surface area contributed by atoms with Gasteiger partial charge in [0.25, 0.3) is 5.91 Å². The molecule has 7 nitrogen and oxygen atoms in total. The Morgan fingerprint density at radius 1 is 1.14 bits per heavy atom. The van der Waals surface area contributed by atoms with Crippen molar-refractivity contribution in [3.63, 3.8) is 0 Å². The van der Waals surface area contributed by atoms with Gasteiger partial charge in [0.2, 0.25) is 0 Å². The maximum Gasteiger partial charge on any atom is 0.254 e. The van der Waals surface area contributed by atoms with Gasteiger partial charge in [-0.15, -0.1) is 0 Å². The van der Waals surface area contributed by atoms with E-state index < -0.39 is 0 Å². The zero-order chi connectivity index (χ0) is 20.4. The highest BCUT2D eigenvalue weighted by atomic mass is 16.2. The standard InChI is InChI=1S/C22H32N6O/c1-25(2)16-19-15-20(24-26(19)3)17-7-12-28(13-8-17)22(29)18-6-9-23-21(14-18)27-10-4-5-11-27/h6,9,14-15,17H,4-5,7-8,10-13,16H2,1-3H3. The molecule has 0 atom stereocenters. The molecule has 2 fully saturated rings. The van der Waals surface area contributed by atoms with E-state index in [0.717, 1.165) is 62.6 Å². The van der Waals surface area contributed by atoms with Crippen LogP contribution in [0.5, 0.6) is 0 Å². The predicted molar refractivity (Wildman–Crippen MR) is 114 cm³/mol. The van der Waals surface area contributed by atoms with Crippen LogP contribution >= 0.6 is 0 Å². The van der Waals surface area contributed by atoms with Crippen molar-refractivity contribution < 1.29 is 4.79 Å². The lowest BCUT2D eigenvalue weighted by Gasteiger charge is -2.31. The number of aromatic nitrogens is 3. The summed E-state index contributed by atoms with van der Waals surface area (Å²) in [5, 5.41) is 4.74. The number of piperidine rings is 1. The molecule has 2 aromatic rings. The highest BCUT2D eigenvalue weighted by Crippen LogP contribution is 2.29. The zero-order valence-electron chi connectivity index (χ0n) is 17.8. The molecule has 0 N–H and O–H groups in total. The van der Waals surface area contributed by atoms with Crippen molar-refractivity contribution >= 4 is 11.7 Å². The molecule has 7 heteroatoms. The van der Waals surface area contributed by atoms with E-state index in [-0.39, 0.29) is 5.91 Å². The van der Waals surface area contributed by atoms with Crippen LogP contribution in [0.25, 0.3) is 0 Å². The van der Waals surface area contributed by atoms with Gasteiger partial charge >= 0.3 is 0 Å². The minimum absolute atomic E-state index is 0.126. The van der Waals surface area contributed by atoms with Gasteiger partial charge in [0.05, 0.1) is 11.4 Å². The van der Waals surface area contributed by atoms with E-state index in [4.69, 9.17) is 5.10 Å². The molecule has 2 aliphatic rings. The smallest absolute Gasteiger partial charge is 0.254 e. The second-order valence-corrected chi connectivity index (χ2v) is 8.59. The molecule has 0 unspecified atom stereocenters. The lowest BCUT2D eigenvalue weighted by molar-refractivity contribution is 0.0712. The molecule has 2 aliphatic heterocycles. The molecular formula is C22H32N6O. The summed E-state index contributed by atoms with van der Waals surface area (Å²) >= 11 is 0. The summed E-state index contributed by atoms with van der Waals surface area (Å²) in [6, 6.07) is 6.04. The number of likely N-dealkylation sites (tertiary alicyclic amines) is 1. The minimum Gasteiger partial charge on any atom is -0.357 e. The number of hydrogen-bond donors (Lipinski definition) is 0. The van der Waals surface area contributed by atoms with Crippen molar-refractivity contribution in [2.45, 2.75) is 38.1 Å². The fraction of sp³-hybridized carbons (Fsp3) is 0.591. The lowest BCUT2D eigenvalue weighted by Crippen LogP contribution is -2.38.